The number of likely N-dealkylation sites (N-methyl/N-ethyl adjacent to an activating group) is 1. The summed E-state index contributed by atoms with van der Waals surface area (Å²) in [6.45, 7) is 4.96. The molecular formula is C57H67N7O7. The maximum absolute atomic E-state index is 15.0. The number of nitriles is 1. The molecule has 0 aliphatic carbocycles. The molecule has 0 radical (unpaired) electrons. The van der Waals surface area contributed by atoms with E-state index in [4.69, 9.17) is 26.7 Å². The van der Waals surface area contributed by atoms with Crippen molar-refractivity contribution in [1.29, 1.82) is 5.26 Å². The number of Topliss-reactive ketones (excluding diaryl/α,β-unsaturated/α-hetero) is 3. The van der Waals surface area contributed by atoms with Gasteiger partial charge in [-0.2, -0.15) is 5.26 Å². The lowest BCUT2D eigenvalue weighted by Crippen LogP contribution is -2.46. The van der Waals surface area contributed by atoms with Crippen LogP contribution >= 0.6 is 0 Å². The molecule has 1 aromatic heterocycles. The van der Waals surface area contributed by atoms with Gasteiger partial charge in [0.25, 0.3) is 0 Å². The van der Waals surface area contributed by atoms with Crippen LogP contribution in [0.4, 0.5) is 0 Å². The summed E-state index contributed by atoms with van der Waals surface area (Å²) < 4.78 is 12.4. The van der Waals surface area contributed by atoms with Crippen molar-refractivity contribution < 1.29 is 33.4 Å². The molecule has 1 aliphatic rings. The highest BCUT2D eigenvalue weighted by molar-refractivity contribution is 6.00. The molecule has 0 spiro atoms. The van der Waals surface area contributed by atoms with E-state index in [9.17, 15) is 24.4 Å². The van der Waals surface area contributed by atoms with Crippen LogP contribution in [0.2, 0.25) is 0 Å². The summed E-state index contributed by atoms with van der Waals surface area (Å²) in [6.07, 6.45) is 7.26. The second-order valence-electron chi connectivity index (χ2n) is 18.3. The summed E-state index contributed by atoms with van der Waals surface area (Å²) in [5, 5.41) is 12.7. The van der Waals surface area contributed by atoms with Gasteiger partial charge in [0.2, 0.25) is 11.8 Å². The second-order valence-corrected chi connectivity index (χ2v) is 18.3. The van der Waals surface area contributed by atoms with Gasteiger partial charge in [0.15, 0.2) is 17.3 Å². The first-order chi connectivity index (χ1) is 34.4. The minimum Gasteiger partial charge on any atom is -0.492 e. The van der Waals surface area contributed by atoms with Crippen molar-refractivity contribution in [3.05, 3.63) is 137 Å². The fraction of sp³-hybridized carbons (Fsp3) is 0.386. The predicted octanol–water partition coefficient (Wildman–Crippen LogP) is 7.27. The molecule has 5 aromatic rings. The summed E-state index contributed by atoms with van der Waals surface area (Å²) in [6, 6.07) is 27.9. The maximum Gasteiger partial charge on any atom is 0.226 e. The number of carbonyl (C=O) groups is 5. The Morgan fingerprint density at radius 1 is 0.831 bits per heavy atom. The van der Waals surface area contributed by atoms with E-state index in [0.717, 1.165) is 30.4 Å². The minimum absolute atomic E-state index is 0.0717. The number of hydrogen-bond donors (Lipinski definition) is 4. The summed E-state index contributed by atoms with van der Waals surface area (Å²) in [5.41, 5.74) is 24.4. The molecule has 0 saturated carbocycles. The van der Waals surface area contributed by atoms with E-state index < -0.39 is 41.5 Å². The van der Waals surface area contributed by atoms with Gasteiger partial charge in [0.1, 0.15) is 36.8 Å². The van der Waals surface area contributed by atoms with Crippen LogP contribution in [-0.4, -0.2) is 85.0 Å². The third kappa shape index (κ3) is 14.1. The fourth-order valence-corrected chi connectivity index (χ4v) is 9.05. The van der Waals surface area contributed by atoms with Crippen molar-refractivity contribution in [3.63, 3.8) is 0 Å². The van der Waals surface area contributed by atoms with Gasteiger partial charge in [-0.3, -0.25) is 29.0 Å². The van der Waals surface area contributed by atoms with E-state index in [1.165, 1.54) is 22.9 Å². The van der Waals surface area contributed by atoms with Crippen molar-refractivity contribution in [2.75, 3.05) is 39.9 Å². The molecule has 0 fully saturated rings. The highest BCUT2D eigenvalue weighted by Crippen LogP contribution is 2.41. The zero-order valence-electron chi connectivity index (χ0n) is 41.2. The Morgan fingerprint density at radius 3 is 2.14 bits per heavy atom. The average molecular weight is 962 g/mol. The Hall–Kier alpha value is -7.05. The summed E-state index contributed by atoms with van der Waals surface area (Å²) in [4.78, 5) is 77.8. The number of pyridine rings is 1. The second kappa shape index (κ2) is 26.2. The number of aromatic nitrogens is 1. The molecule has 372 valence electrons. The molecule has 1 aliphatic heterocycles. The first-order valence-electron chi connectivity index (χ1n) is 24.7. The number of aryl methyl sites for hydroxylation is 1. The van der Waals surface area contributed by atoms with Crippen molar-refractivity contribution in [3.8, 4) is 39.8 Å². The normalized spacial score (nSPS) is 16.2. The van der Waals surface area contributed by atoms with Crippen LogP contribution in [0.25, 0.3) is 22.3 Å². The molecule has 14 heteroatoms. The van der Waals surface area contributed by atoms with Gasteiger partial charge in [0, 0.05) is 80.3 Å². The van der Waals surface area contributed by atoms with Crippen molar-refractivity contribution in [2.24, 2.45) is 29.0 Å². The quantitative estimate of drug-likeness (QED) is 0.0396. The number of nitrogens with zero attached hydrogens (tertiary/aromatic N) is 3. The van der Waals surface area contributed by atoms with E-state index >= 15 is 4.79 Å². The van der Waals surface area contributed by atoms with E-state index in [2.05, 4.69) is 47.6 Å². The Bertz CT molecular complexity index is 2680. The molecule has 0 unspecified atom stereocenters. The van der Waals surface area contributed by atoms with Crippen LogP contribution in [0.5, 0.6) is 11.5 Å². The number of hydrogen-bond acceptors (Lipinski definition) is 12. The van der Waals surface area contributed by atoms with E-state index in [1.54, 1.807) is 62.5 Å². The standard InChI is InChI=1S/C57H67N7O7/c1-4-5-8-38-10-13-40(14-11-38)41-15-17-42(18-16-41)50(65)34-45(9-6-7-23-58)57(69)64(3)55-44-19-21-54(71-28-25-60)48(32-44)47-30-39(12-20-53(47)70-27-24-59)31-49(63-56(68)37(2)29-52(55)67)51(66)33-43-22-26-62-36-46(43)35-61/h10-22,26,30,32,36-37,45,49,55H,4-9,23-25,27-29,31,33-34,58-60H2,1-3H3,(H,63,68)/t37-,45-,49+,55+/m1/s1. The Kier molecular flexibility index (Phi) is 19.7. The largest absolute Gasteiger partial charge is 0.492 e. The number of rotatable bonds is 22. The molecule has 6 rings (SSSR count). The average Bonchev–Trinajstić information content (AvgIpc) is 3.38. The molecule has 71 heavy (non-hydrogen) atoms. The molecular weight excluding hydrogens is 895 g/mol. The van der Waals surface area contributed by atoms with Crippen LogP contribution < -0.4 is 32.0 Å². The van der Waals surface area contributed by atoms with E-state index in [1.807, 2.05) is 18.2 Å². The van der Waals surface area contributed by atoms with Gasteiger partial charge in [-0.15, -0.1) is 0 Å². The minimum atomic E-state index is -1.21. The highest BCUT2D eigenvalue weighted by Gasteiger charge is 2.36. The number of ether oxygens (including phenoxy) is 2. The number of nitrogens with one attached hydrogen (secondary N) is 1. The Labute approximate surface area is 417 Å². The van der Waals surface area contributed by atoms with Crippen LogP contribution in [0, 0.1) is 23.2 Å². The zero-order chi connectivity index (χ0) is 50.9. The molecule has 4 atom stereocenters. The van der Waals surface area contributed by atoms with Gasteiger partial charge in [0.05, 0.1) is 11.6 Å². The lowest BCUT2D eigenvalue weighted by molar-refractivity contribution is -0.142. The van der Waals surface area contributed by atoms with Gasteiger partial charge >= 0.3 is 0 Å². The predicted molar refractivity (Wildman–Crippen MR) is 274 cm³/mol. The summed E-state index contributed by atoms with van der Waals surface area (Å²) in [5.74, 6) is -2.81. The number of amides is 2. The summed E-state index contributed by atoms with van der Waals surface area (Å²) in [7, 11) is 1.56. The van der Waals surface area contributed by atoms with Gasteiger partial charge in [-0.05, 0) is 102 Å². The molecule has 7 N–H and O–H groups in total. The van der Waals surface area contributed by atoms with Crippen molar-refractivity contribution >= 4 is 29.2 Å². The number of fused-ring (bicyclic) bond motifs is 5. The van der Waals surface area contributed by atoms with E-state index in [0.29, 0.717) is 70.7 Å². The zero-order valence-corrected chi connectivity index (χ0v) is 41.2. The number of unbranched alkanes of at least 4 members (excludes halogenated alkanes) is 2. The first-order valence-corrected chi connectivity index (χ1v) is 24.7. The molecule has 0 saturated heterocycles. The molecule has 4 bridgehead atoms. The monoisotopic (exact) mass is 962 g/mol. The van der Waals surface area contributed by atoms with Gasteiger partial charge < -0.3 is 36.9 Å². The highest BCUT2D eigenvalue weighted by atomic mass is 16.5. The SMILES string of the molecule is CCCCc1ccc(-c2ccc(C(=O)C[C@@H](CCCCN)C(=O)N(C)[C@@H]3C(=O)C[C@@H](C)C(=O)N[C@H](C(=O)Cc4ccncc4C#N)Cc4ccc(OCCN)c(c4)-c4cc3ccc4OCCN)cc2)cc1. The topological polar surface area (TPSA) is 234 Å². The van der Waals surface area contributed by atoms with Crippen molar-refractivity contribution in [2.45, 2.75) is 90.1 Å². The Balaban J connectivity index is 1.38. The van der Waals surface area contributed by atoms with E-state index in [-0.39, 0.29) is 69.1 Å². The molecule has 2 heterocycles. The molecule has 14 nitrogen and oxygen atoms in total. The Morgan fingerprint density at radius 2 is 1.49 bits per heavy atom. The summed E-state index contributed by atoms with van der Waals surface area (Å²) >= 11 is 0. The number of benzene rings is 4. The van der Waals surface area contributed by atoms with Crippen molar-refractivity contribution in [1.82, 2.24) is 15.2 Å². The van der Waals surface area contributed by atoms with Crippen LogP contribution in [0.3, 0.4) is 0 Å². The van der Waals surface area contributed by atoms with Crippen LogP contribution in [0.1, 0.15) is 103 Å². The first kappa shape index (κ1) is 53.3. The third-order valence-electron chi connectivity index (χ3n) is 13.0. The lowest BCUT2D eigenvalue weighted by Gasteiger charge is -2.32. The van der Waals surface area contributed by atoms with Crippen LogP contribution in [-0.2, 0) is 38.4 Å². The molecule has 4 aromatic carbocycles. The molecule has 2 amide bonds. The van der Waals surface area contributed by atoms with Gasteiger partial charge in [-0.1, -0.05) is 87.4 Å². The lowest BCUT2D eigenvalue weighted by atomic mass is 9.87. The smallest absolute Gasteiger partial charge is 0.226 e. The number of ketones is 3. The number of nitrogens with two attached hydrogens (primary N) is 3. The fourth-order valence-electron chi connectivity index (χ4n) is 9.05. The van der Waals surface area contributed by atoms with Crippen LogP contribution in [0.15, 0.2) is 103 Å². The van der Waals surface area contributed by atoms with Gasteiger partial charge in [-0.25, -0.2) is 0 Å². The third-order valence-corrected chi connectivity index (χ3v) is 13.0. The maximum atomic E-state index is 15.0. The number of carbonyl (C=O) groups excluding carboxylic acids is 5.